The quantitative estimate of drug-likeness (QED) is 0.864. The number of sulfonamides is 1. The van der Waals surface area contributed by atoms with Crippen molar-refractivity contribution in [2.45, 2.75) is 29.2 Å². The summed E-state index contributed by atoms with van der Waals surface area (Å²) in [6.07, 6.45) is 1.94. The van der Waals surface area contributed by atoms with Gasteiger partial charge in [-0.3, -0.25) is 0 Å². The van der Waals surface area contributed by atoms with E-state index < -0.39 is 10.0 Å². The molecule has 1 saturated heterocycles. The fraction of sp³-hybridized carbons (Fsp3) is 0.444. The highest BCUT2D eigenvalue weighted by Crippen LogP contribution is 2.41. The van der Waals surface area contributed by atoms with Crippen molar-refractivity contribution in [1.29, 1.82) is 0 Å². The van der Waals surface area contributed by atoms with E-state index in [0.717, 1.165) is 35.6 Å². The molecule has 0 unspecified atom stereocenters. The molecule has 3 aliphatic rings. The van der Waals surface area contributed by atoms with Crippen LogP contribution in [0.15, 0.2) is 34.5 Å². The van der Waals surface area contributed by atoms with Crippen LogP contribution >= 0.6 is 11.3 Å². The standard InChI is InChI=1S/C18H19NO5S2/c20-26(21,19-13-10-15-12(13)5-6-22-15)18-4-3-17(25-18)11-1-2-14-16(9-11)24-8-7-23-14/h1-4,9,12-13,15,19H,5-8,10H2/t12-,13+,15+/m0/s1. The Kier molecular flexibility index (Phi) is 3.97. The predicted molar refractivity (Wildman–Crippen MR) is 97.3 cm³/mol. The van der Waals surface area contributed by atoms with Crippen LogP contribution in [0.4, 0.5) is 0 Å². The lowest BCUT2D eigenvalue weighted by molar-refractivity contribution is 0.0143. The summed E-state index contributed by atoms with van der Waals surface area (Å²) in [5.74, 6) is 1.75. The Balaban J connectivity index is 1.36. The second-order valence-electron chi connectivity index (χ2n) is 6.80. The monoisotopic (exact) mass is 393 g/mol. The first-order valence-electron chi connectivity index (χ1n) is 8.74. The molecule has 3 heterocycles. The number of ether oxygens (including phenoxy) is 3. The average Bonchev–Trinajstić information content (AvgIpc) is 3.27. The normalized spacial score (nSPS) is 27.0. The highest BCUT2D eigenvalue weighted by atomic mass is 32.2. The summed E-state index contributed by atoms with van der Waals surface area (Å²) in [6.45, 7) is 1.81. The van der Waals surface area contributed by atoms with E-state index in [2.05, 4.69) is 4.72 Å². The smallest absolute Gasteiger partial charge is 0.250 e. The maximum Gasteiger partial charge on any atom is 0.250 e. The molecule has 138 valence electrons. The fourth-order valence-corrected chi connectivity index (χ4v) is 6.43. The summed E-state index contributed by atoms with van der Waals surface area (Å²) < 4.78 is 45.3. The molecule has 0 amide bonds. The Morgan fingerprint density at radius 3 is 2.73 bits per heavy atom. The van der Waals surface area contributed by atoms with Crippen molar-refractivity contribution in [3.63, 3.8) is 0 Å². The molecule has 1 aliphatic carbocycles. The lowest BCUT2D eigenvalue weighted by Gasteiger charge is -2.38. The minimum Gasteiger partial charge on any atom is -0.486 e. The van der Waals surface area contributed by atoms with E-state index in [1.54, 1.807) is 6.07 Å². The van der Waals surface area contributed by atoms with Crippen LogP contribution in [0.5, 0.6) is 11.5 Å². The Labute approximate surface area is 156 Å². The Hall–Kier alpha value is -1.61. The van der Waals surface area contributed by atoms with Gasteiger partial charge in [0.05, 0.1) is 6.10 Å². The highest BCUT2D eigenvalue weighted by molar-refractivity contribution is 7.91. The van der Waals surface area contributed by atoms with Gasteiger partial charge in [-0.25, -0.2) is 13.1 Å². The summed E-state index contributed by atoms with van der Waals surface area (Å²) in [5, 5.41) is 0. The van der Waals surface area contributed by atoms with Crippen molar-refractivity contribution in [2.24, 2.45) is 5.92 Å². The molecule has 1 aromatic carbocycles. The molecule has 0 radical (unpaired) electrons. The van der Waals surface area contributed by atoms with Crippen LogP contribution < -0.4 is 14.2 Å². The average molecular weight is 393 g/mol. The molecule has 6 nitrogen and oxygen atoms in total. The molecule has 0 spiro atoms. The molecule has 1 saturated carbocycles. The minimum absolute atomic E-state index is 0.00709. The zero-order valence-corrected chi connectivity index (χ0v) is 15.6. The number of benzene rings is 1. The third-order valence-electron chi connectivity index (χ3n) is 5.24. The second kappa shape index (κ2) is 6.23. The maximum absolute atomic E-state index is 12.7. The van der Waals surface area contributed by atoms with Gasteiger partial charge >= 0.3 is 0 Å². The molecule has 26 heavy (non-hydrogen) atoms. The number of hydrogen-bond acceptors (Lipinski definition) is 6. The van der Waals surface area contributed by atoms with Crippen LogP contribution in [0.2, 0.25) is 0 Å². The van der Waals surface area contributed by atoms with E-state index in [-0.39, 0.29) is 12.1 Å². The summed E-state index contributed by atoms with van der Waals surface area (Å²) in [5.41, 5.74) is 0.925. The number of fused-ring (bicyclic) bond motifs is 2. The van der Waals surface area contributed by atoms with Gasteiger partial charge in [0.15, 0.2) is 11.5 Å². The summed E-state index contributed by atoms with van der Waals surface area (Å²) in [4.78, 5) is 0.887. The molecule has 1 N–H and O–H groups in total. The molecule has 8 heteroatoms. The van der Waals surface area contributed by atoms with Gasteiger partial charge in [-0.15, -0.1) is 11.3 Å². The van der Waals surface area contributed by atoms with Crippen LogP contribution in [0, 0.1) is 5.92 Å². The van der Waals surface area contributed by atoms with Crippen LogP contribution in [0.1, 0.15) is 12.8 Å². The number of hydrogen-bond donors (Lipinski definition) is 1. The Morgan fingerprint density at radius 1 is 1.04 bits per heavy atom. The third-order valence-corrected chi connectivity index (χ3v) is 8.36. The van der Waals surface area contributed by atoms with Gasteiger partial charge in [-0.1, -0.05) is 0 Å². The van der Waals surface area contributed by atoms with Gasteiger partial charge in [0.2, 0.25) is 10.0 Å². The zero-order chi connectivity index (χ0) is 17.7. The lowest BCUT2D eigenvalue weighted by Crippen LogP contribution is -2.53. The molecule has 2 aliphatic heterocycles. The Bertz CT molecular complexity index is 939. The van der Waals surface area contributed by atoms with Crippen LogP contribution in [0.25, 0.3) is 10.4 Å². The Morgan fingerprint density at radius 2 is 1.88 bits per heavy atom. The number of nitrogens with one attached hydrogen (secondary N) is 1. The lowest BCUT2D eigenvalue weighted by atomic mass is 9.77. The molecule has 2 aromatic rings. The van der Waals surface area contributed by atoms with E-state index in [4.69, 9.17) is 14.2 Å². The maximum atomic E-state index is 12.7. The van der Waals surface area contributed by atoms with Gasteiger partial charge in [0, 0.05) is 23.4 Å². The van der Waals surface area contributed by atoms with E-state index in [1.807, 2.05) is 24.3 Å². The zero-order valence-electron chi connectivity index (χ0n) is 14.0. The molecule has 2 fully saturated rings. The van der Waals surface area contributed by atoms with E-state index in [0.29, 0.717) is 29.1 Å². The largest absolute Gasteiger partial charge is 0.486 e. The summed E-state index contributed by atoms with van der Waals surface area (Å²) in [7, 11) is -3.51. The van der Waals surface area contributed by atoms with Crippen molar-refractivity contribution >= 4 is 21.4 Å². The van der Waals surface area contributed by atoms with Gasteiger partial charge in [0.25, 0.3) is 0 Å². The predicted octanol–water partition coefficient (Wildman–Crippen LogP) is 2.64. The van der Waals surface area contributed by atoms with E-state index >= 15 is 0 Å². The SMILES string of the molecule is O=S(=O)(N[C@@H]1C[C@H]2OCC[C@@H]12)c1ccc(-c2ccc3c(c2)OCCO3)s1. The molecule has 1 aromatic heterocycles. The first kappa shape index (κ1) is 16.6. The fourth-order valence-electron chi connectivity index (χ4n) is 3.81. The molecule has 3 atom stereocenters. The van der Waals surface area contributed by atoms with Crippen LogP contribution in [-0.2, 0) is 14.8 Å². The van der Waals surface area contributed by atoms with Crippen molar-refractivity contribution in [1.82, 2.24) is 4.72 Å². The van der Waals surface area contributed by atoms with E-state index in [9.17, 15) is 8.42 Å². The van der Waals surface area contributed by atoms with Crippen molar-refractivity contribution in [3.8, 4) is 21.9 Å². The molecule has 0 bridgehead atoms. The summed E-state index contributed by atoms with van der Waals surface area (Å²) >= 11 is 1.27. The second-order valence-corrected chi connectivity index (χ2v) is 9.83. The van der Waals surface area contributed by atoms with E-state index in [1.165, 1.54) is 11.3 Å². The van der Waals surface area contributed by atoms with Crippen LogP contribution in [0.3, 0.4) is 0 Å². The van der Waals surface area contributed by atoms with Crippen molar-refractivity contribution < 1.29 is 22.6 Å². The molecular formula is C18H19NO5S2. The van der Waals surface area contributed by atoms with Crippen molar-refractivity contribution in [2.75, 3.05) is 19.8 Å². The topological polar surface area (TPSA) is 73.9 Å². The van der Waals surface area contributed by atoms with Gasteiger partial charge in [-0.2, -0.15) is 0 Å². The molecule has 5 rings (SSSR count). The first-order chi connectivity index (χ1) is 12.6. The first-order valence-corrected chi connectivity index (χ1v) is 11.0. The number of thiophene rings is 1. The highest BCUT2D eigenvalue weighted by Gasteiger charge is 2.46. The van der Waals surface area contributed by atoms with Gasteiger partial charge in [0.1, 0.15) is 17.4 Å². The van der Waals surface area contributed by atoms with Gasteiger partial charge < -0.3 is 14.2 Å². The molecular weight excluding hydrogens is 374 g/mol. The van der Waals surface area contributed by atoms with Gasteiger partial charge in [-0.05, 0) is 48.7 Å². The van der Waals surface area contributed by atoms with Crippen LogP contribution in [-0.4, -0.2) is 40.4 Å². The van der Waals surface area contributed by atoms with Crippen molar-refractivity contribution in [3.05, 3.63) is 30.3 Å². The summed E-state index contributed by atoms with van der Waals surface area (Å²) in [6, 6.07) is 9.19. The third kappa shape index (κ3) is 2.81. The minimum atomic E-state index is -3.51. The number of rotatable bonds is 4.